The number of H-pyrrole nitrogens is 1. The monoisotopic (exact) mass is 282 g/mol. The van der Waals surface area contributed by atoms with Gasteiger partial charge in [0.15, 0.2) is 11.5 Å². The highest BCUT2D eigenvalue weighted by molar-refractivity contribution is 5.83. The first kappa shape index (κ1) is 13.4. The van der Waals surface area contributed by atoms with Gasteiger partial charge in [-0.1, -0.05) is 30.3 Å². The predicted molar refractivity (Wildman–Crippen MR) is 84.5 cm³/mol. The summed E-state index contributed by atoms with van der Waals surface area (Å²) in [5, 5.41) is 6.31. The minimum absolute atomic E-state index is 0.570. The minimum Gasteiger partial charge on any atom is -0.368 e. The summed E-state index contributed by atoms with van der Waals surface area (Å²) in [4.78, 5) is 16.0. The summed E-state index contributed by atoms with van der Waals surface area (Å²) in [6.45, 7) is 0.850. The topological polar surface area (TPSA) is 78.5 Å². The fraction of sp³-hybridized carbons (Fsp3) is 0.267. The lowest BCUT2D eigenvalue weighted by Gasteiger charge is -2.08. The summed E-state index contributed by atoms with van der Waals surface area (Å²) >= 11 is 0. The molecule has 108 valence electrons. The molecule has 0 aliphatic heterocycles. The predicted octanol–water partition coefficient (Wildman–Crippen LogP) is 2.44. The lowest BCUT2D eigenvalue weighted by Crippen LogP contribution is -2.07. The molecule has 6 nitrogen and oxygen atoms in total. The van der Waals surface area contributed by atoms with Crippen molar-refractivity contribution in [3.63, 3.8) is 0 Å². The molecule has 0 amide bonds. The van der Waals surface area contributed by atoms with E-state index in [-0.39, 0.29) is 0 Å². The van der Waals surface area contributed by atoms with Crippen LogP contribution in [-0.4, -0.2) is 33.5 Å². The van der Waals surface area contributed by atoms with E-state index in [0.29, 0.717) is 11.6 Å². The Balaban J connectivity index is 1.63. The van der Waals surface area contributed by atoms with Crippen LogP contribution in [0.3, 0.4) is 0 Å². The first-order chi connectivity index (χ1) is 10.4. The molecule has 0 saturated heterocycles. The smallest absolute Gasteiger partial charge is 0.226 e. The van der Waals surface area contributed by atoms with Crippen molar-refractivity contribution in [2.24, 2.45) is 0 Å². The molecule has 0 saturated carbocycles. The number of nitrogens with zero attached hydrogens (tertiary/aromatic N) is 3. The summed E-state index contributed by atoms with van der Waals surface area (Å²) in [6.07, 6.45) is 3.72. The van der Waals surface area contributed by atoms with Gasteiger partial charge in [-0.05, 0) is 18.4 Å². The SMILES string of the molecule is CNc1nc(NCCCc2ccccc2)c2[nH]cnc2n1. The molecule has 21 heavy (non-hydrogen) atoms. The molecule has 0 radical (unpaired) electrons. The molecule has 0 aliphatic carbocycles. The Bertz CT molecular complexity index is 707. The van der Waals surface area contributed by atoms with Crippen molar-refractivity contribution in [1.29, 1.82) is 0 Å². The number of nitrogens with one attached hydrogen (secondary N) is 3. The number of rotatable bonds is 6. The number of aromatic amines is 1. The van der Waals surface area contributed by atoms with Crippen LogP contribution >= 0.6 is 0 Å². The number of aryl methyl sites for hydroxylation is 1. The molecule has 0 unspecified atom stereocenters. The van der Waals surface area contributed by atoms with Gasteiger partial charge in [-0.15, -0.1) is 0 Å². The number of fused-ring (bicyclic) bond motifs is 1. The molecule has 0 aliphatic rings. The van der Waals surface area contributed by atoms with E-state index in [4.69, 9.17) is 0 Å². The van der Waals surface area contributed by atoms with Crippen molar-refractivity contribution in [3.8, 4) is 0 Å². The molecule has 3 aromatic rings. The zero-order valence-corrected chi connectivity index (χ0v) is 11.9. The Hall–Kier alpha value is -2.63. The van der Waals surface area contributed by atoms with Gasteiger partial charge in [0.25, 0.3) is 0 Å². The number of hydrogen-bond acceptors (Lipinski definition) is 5. The Morgan fingerprint density at radius 2 is 2.00 bits per heavy atom. The summed E-state index contributed by atoms with van der Waals surface area (Å²) in [6, 6.07) is 10.5. The fourth-order valence-corrected chi connectivity index (χ4v) is 2.22. The molecule has 1 aromatic carbocycles. The van der Waals surface area contributed by atoms with E-state index in [9.17, 15) is 0 Å². The van der Waals surface area contributed by atoms with Gasteiger partial charge >= 0.3 is 0 Å². The minimum atomic E-state index is 0.570. The van der Waals surface area contributed by atoms with E-state index in [1.54, 1.807) is 13.4 Å². The van der Waals surface area contributed by atoms with E-state index in [1.165, 1.54) is 5.56 Å². The molecular weight excluding hydrogens is 264 g/mol. The zero-order valence-electron chi connectivity index (χ0n) is 11.9. The van der Waals surface area contributed by atoms with Crippen LogP contribution in [-0.2, 0) is 6.42 Å². The quantitative estimate of drug-likeness (QED) is 0.605. The summed E-state index contributed by atoms with van der Waals surface area (Å²) in [7, 11) is 1.80. The molecular formula is C15H18N6. The number of imidazole rings is 1. The molecule has 0 spiro atoms. The van der Waals surface area contributed by atoms with Crippen LogP contribution in [0.1, 0.15) is 12.0 Å². The van der Waals surface area contributed by atoms with E-state index >= 15 is 0 Å². The largest absolute Gasteiger partial charge is 0.368 e. The van der Waals surface area contributed by atoms with Gasteiger partial charge in [-0.25, -0.2) is 4.98 Å². The molecule has 6 heteroatoms. The van der Waals surface area contributed by atoms with Crippen molar-refractivity contribution in [2.75, 3.05) is 24.2 Å². The normalized spacial score (nSPS) is 10.7. The third-order valence-electron chi connectivity index (χ3n) is 3.29. The van der Waals surface area contributed by atoms with Crippen LogP contribution in [0.5, 0.6) is 0 Å². The van der Waals surface area contributed by atoms with Gasteiger partial charge in [0, 0.05) is 13.6 Å². The van der Waals surface area contributed by atoms with Crippen LogP contribution in [0.15, 0.2) is 36.7 Å². The average molecular weight is 282 g/mol. The second kappa shape index (κ2) is 6.21. The third-order valence-corrected chi connectivity index (χ3v) is 3.29. The van der Waals surface area contributed by atoms with Gasteiger partial charge < -0.3 is 15.6 Å². The van der Waals surface area contributed by atoms with Crippen molar-refractivity contribution < 1.29 is 0 Å². The fourth-order valence-electron chi connectivity index (χ4n) is 2.22. The van der Waals surface area contributed by atoms with Crippen molar-refractivity contribution in [1.82, 2.24) is 19.9 Å². The van der Waals surface area contributed by atoms with Gasteiger partial charge in [0.05, 0.1) is 6.33 Å². The molecule has 0 fully saturated rings. The number of anilines is 2. The lowest BCUT2D eigenvalue weighted by atomic mass is 10.1. The van der Waals surface area contributed by atoms with Gasteiger partial charge in [0.1, 0.15) is 5.52 Å². The van der Waals surface area contributed by atoms with Crippen molar-refractivity contribution in [3.05, 3.63) is 42.2 Å². The molecule has 3 N–H and O–H groups in total. The second-order valence-electron chi connectivity index (χ2n) is 4.76. The highest BCUT2D eigenvalue weighted by atomic mass is 15.2. The summed E-state index contributed by atoms with van der Waals surface area (Å²) < 4.78 is 0. The Kier molecular flexibility index (Phi) is 3.95. The Labute approximate surface area is 123 Å². The van der Waals surface area contributed by atoms with E-state index in [0.717, 1.165) is 30.7 Å². The Morgan fingerprint density at radius 3 is 2.81 bits per heavy atom. The third kappa shape index (κ3) is 3.10. The highest BCUT2D eigenvalue weighted by Gasteiger charge is 2.08. The van der Waals surface area contributed by atoms with Crippen LogP contribution in [0, 0.1) is 0 Å². The van der Waals surface area contributed by atoms with Gasteiger partial charge in [-0.2, -0.15) is 9.97 Å². The lowest BCUT2D eigenvalue weighted by molar-refractivity contribution is 0.859. The van der Waals surface area contributed by atoms with Crippen LogP contribution in [0.2, 0.25) is 0 Å². The van der Waals surface area contributed by atoms with Gasteiger partial charge in [-0.3, -0.25) is 0 Å². The molecule has 2 heterocycles. The number of aromatic nitrogens is 4. The molecule has 0 atom stereocenters. The zero-order chi connectivity index (χ0) is 14.5. The molecule has 2 aromatic heterocycles. The standard InChI is InChI=1S/C15H18N6/c1-16-15-20-13(12-14(21-15)19-10-18-12)17-9-5-8-11-6-3-2-4-7-11/h2-4,6-7,10H,5,8-9H2,1H3,(H3,16,17,18,19,20,21). The maximum Gasteiger partial charge on any atom is 0.226 e. The van der Waals surface area contributed by atoms with Crippen LogP contribution in [0.4, 0.5) is 11.8 Å². The summed E-state index contributed by atoms with van der Waals surface area (Å²) in [5.74, 6) is 1.36. The van der Waals surface area contributed by atoms with Crippen LogP contribution in [0.25, 0.3) is 11.2 Å². The molecule has 3 rings (SSSR count). The number of hydrogen-bond donors (Lipinski definition) is 3. The Morgan fingerprint density at radius 1 is 1.14 bits per heavy atom. The van der Waals surface area contributed by atoms with Crippen molar-refractivity contribution in [2.45, 2.75) is 12.8 Å². The van der Waals surface area contributed by atoms with Gasteiger partial charge in [0.2, 0.25) is 5.95 Å². The number of benzene rings is 1. The first-order valence-corrected chi connectivity index (χ1v) is 7.03. The van der Waals surface area contributed by atoms with Crippen molar-refractivity contribution >= 4 is 22.9 Å². The second-order valence-corrected chi connectivity index (χ2v) is 4.76. The highest BCUT2D eigenvalue weighted by Crippen LogP contribution is 2.18. The molecule has 0 bridgehead atoms. The maximum absolute atomic E-state index is 4.43. The van der Waals surface area contributed by atoms with E-state index in [2.05, 4.69) is 54.8 Å². The maximum atomic E-state index is 4.43. The summed E-state index contributed by atoms with van der Waals surface area (Å²) in [5.41, 5.74) is 2.86. The first-order valence-electron chi connectivity index (χ1n) is 7.03. The van der Waals surface area contributed by atoms with E-state index < -0.39 is 0 Å². The van der Waals surface area contributed by atoms with Crippen LogP contribution < -0.4 is 10.6 Å². The van der Waals surface area contributed by atoms with E-state index in [1.807, 2.05) is 6.07 Å². The average Bonchev–Trinajstić information content (AvgIpc) is 3.00.